The molecular formula is C21H32N4O2. The number of hydrogen-bond acceptors (Lipinski definition) is 4. The van der Waals surface area contributed by atoms with E-state index in [9.17, 15) is 9.59 Å². The Morgan fingerprint density at radius 3 is 2.22 bits per heavy atom. The number of anilines is 2. The second kappa shape index (κ2) is 8.30. The van der Waals surface area contributed by atoms with Crippen LogP contribution in [-0.2, 0) is 16.1 Å². The predicted molar refractivity (Wildman–Crippen MR) is 109 cm³/mol. The van der Waals surface area contributed by atoms with Crippen LogP contribution in [0.25, 0.3) is 0 Å². The fourth-order valence-corrected chi connectivity index (χ4v) is 3.20. The van der Waals surface area contributed by atoms with E-state index in [0.717, 1.165) is 49.2 Å². The highest BCUT2D eigenvalue weighted by atomic mass is 16.2. The predicted octanol–water partition coefficient (Wildman–Crippen LogP) is 2.40. The minimum Gasteiger partial charge on any atom is -0.377 e. The van der Waals surface area contributed by atoms with Gasteiger partial charge in [-0.15, -0.1) is 0 Å². The zero-order valence-corrected chi connectivity index (χ0v) is 17.0. The molecule has 0 bridgehead atoms. The highest BCUT2D eigenvalue weighted by Gasteiger charge is 2.34. The van der Waals surface area contributed by atoms with E-state index in [1.165, 1.54) is 0 Å². The van der Waals surface area contributed by atoms with Gasteiger partial charge in [-0.3, -0.25) is 9.59 Å². The van der Waals surface area contributed by atoms with Crippen LogP contribution in [0.1, 0.15) is 31.2 Å². The molecule has 2 amide bonds. The molecule has 0 saturated heterocycles. The van der Waals surface area contributed by atoms with Crippen molar-refractivity contribution in [2.24, 2.45) is 11.8 Å². The van der Waals surface area contributed by atoms with Crippen molar-refractivity contribution in [2.75, 3.05) is 51.5 Å². The Bertz CT molecular complexity index is 693. The lowest BCUT2D eigenvalue weighted by molar-refractivity contribution is -0.133. The first-order valence-corrected chi connectivity index (χ1v) is 9.89. The molecule has 0 aromatic heterocycles. The van der Waals surface area contributed by atoms with Crippen molar-refractivity contribution in [3.63, 3.8) is 0 Å². The van der Waals surface area contributed by atoms with Gasteiger partial charge in [0, 0.05) is 56.9 Å². The molecule has 2 aliphatic rings. The molecule has 0 heterocycles. The van der Waals surface area contributed by atoms with Gasteiger partial charge in [-0.1, -0.05) is 0 Å². The fraction of sp³-hybridized carbons (Fsp3) is 0.619. The lowest BCUT2D eigenvalue weighted by Crippen LogP contribution is -2.37. The van der Waals surface area contributed by atoms with Gasteiger partial charge in [-0.2, -0.15) is 0 Å². The standard InChI is InChI=1S/C21H32N4O2/c1-23(2)11-12-25(21(27)16-7-8-16)14-17-13-18(9-10-19(17)24(3)4)22-20(26)15-5-6-15/h9-10,13,15-16H,5-8,11-12,14H2,1-4H3,(H,22,26). The average Bonchev–Trinajstić information content (AvgIpc) is 3.48. The van der Waals surface area contributed by atoms with E-state index in [1.807, 2.05) is 51.3 Å². The zero-order valence-electron chi connectivity index (χ0n) is 17.0. The molecular weight excluding hydrogens is 340 g/mol. The van der Waals surface area contributed by atoms with Crippen LogP contribution in [-0.4, -0.2) is 62.9 Å². The zero-order chi connectivity index (χ0) is 19.6. The third-order valence-electron chi connectivity index (χ3n) is 5.19. The SMILES string of the molecule is CN(C)CCN(Cc1cc(NC(=O)C2CC2)ccc1N(C)C)C(=O)C1CC1. The molecule has 0 spiro atoms. The van der Waals surface area contributed by atoms with Gasteiger partial charge < -0.3 is 20.0 Å². The fourth-order valence-electron chi connectivity index (χ4n) is 3.20. The van der Waals surface area contributed by atoms with Crippen LogP contribution in [0.15, 0.2) is 18.2 Å². The third-order valence-corrected chi connectivity index (χ3v) is 5.19. The molecule has 0 aliphatic heterocycles. The number of carbonyl (C=O) groups is 2. The van der Waals surface area contributed by atoms with Crippen molar-refractivity contribution in [2.45, 2.75) is 32.2 Å². The normalized spacial score (nSPS) is 16.3. The Morgan fingerprint density at radius 2 is 1.67 bits per heavy atom. The summed E-state index contributed by atoms with van der Waals surface area (Å²) in [7, 11) is 8.07. The summed E-state index contributed by atoms with van der Waals surface area (Å²) in [4.78, 5) is 31.1. The average molecular weight is 373 g/mol. The van der Waals surface area contributed by atoms with Crippen molar-refractivity contribution >= 4 is 23.2 Å². The van der Waals surface area contributed by atoms with E-state index >= 15 is 0 Å². The molecule has 148 valence electrons. The van der Waals surface area contributed by atoms with Crippen molar-refractivity contribution in [1.82, 2.24) is 9.80 Å². The van der Waals surface area contributed by atoms with Gasteiger partial charge in [0.2, 0.25) is 11.8 Å². The smallest absolute Gasteiger partial charge is 0.227 e. The van der Waals surface area contributed by atoms with Gasteiger partial charge in [0.1, 0.15) is 0 Å². The summed E-state index contributed by atoms with van der Waals surface area (Å²) < 4.78 is 0. The molecule has 1 aromatic carbocycles. The maximum atomic E-state index is 12.8. The molecule has 0 radical (unpaired) electrons. The Labute approximate surface area is 162 Å². The molecule has 0 unspecified atom stereocenters. The van der Waals surface area contributed by atoms with Gasteiger partial charge in [0.15, 0.2) is 0 Å². The van der Waals surface area contributed by atoms with Gasteiger partial charge in [0.05, 0.1) is 0 Å². The summed E-state index contributed by atoms with van der Waals surface area (Å²) in [5.41, 5.74) is 2.97. The van der Waals surface area contributed by atoms with Crippen molar-refractivity contribution < 1.29 is 9.59 Å². The summed E-state index contributed by atoms with van der Waals surface area (Å²) >= 11 is 0. The van der Waals surface area contributed by atoms with Crippen LogP contribution in [0.3, 0.4) is 0 Å². The number of hydrogen-bond donors (Lipinski definition) is 1. The first kappa shape index (κ1) is 19.7. The van der Waals surface area contributed by atoms with Crippen LogP contribution >= 0.6 is 0 Å². The van der Waals surface area contributed by atoms with Gasteiger partial charge >= 0.3 is 0 Å². The summed E-state index contributed by atoms with van der Waals surface area (Å²) in [6.07, 6.45) is 4.00. The number of amides is 2. The van der Waals surface area contributed by atoms with Crippen LogP contribution in [0.4, 0.5) is 11.4 Å². The van der Waals surface area contributed by atoms with Crippen LogP contribution < -0.4 is 10.2 Å². The first-order chi connectivity index (χ1) is 12.8. The topological polar surface area (TPSA) is 55.9 Å². The molecule has 6 nitrogen and oxygen atoms in total. The lowest BCUT2D eigenvalue weighted by Gasteiger charge is -2.27. The molecule has 6 heteroatoms. The Morgan fingerprint density at radius 1 is 1.00 bits per heavy atom. The molecule has 27 heavy (non-hydrogen) atoms. The van der Waals surface area contributed by atoms with Crippen molar-refractivity contribution in [1.29, 1.82) is 0 Å². The summed E-state index contributed by atoms with van der Waals surface area (Å²) in [6.45, 7) is 2.13. The van der Waals surface area contributed by atoms with E-state index in [0.29, 0.717) is 13.1 Å². The monoisotopic (exact) mass is 372 g/mol. The number of nitrogens with zero attached hydrogens (tertiary/aromatic N) is 3. The minimum atomic E-state index is 0.108. The number of benzene rings is 1. The summed E-state index contributed by atoms with van der Waals surface area (Å²) in [6, 6.07) is 6.01. The molecule has 1 N–H and O–H groups in total. The van der Waals surface area contributed by atoms with E-state index in [1.54, 1.807) is 0 Å². The lowest BCUT2D eigenvalue weighted by atomic mass is 10.1. The number of carbonyl (C=O) groups excluding carboxylic acids is 2. The van der Waals surface area contributed by atoms with Crippen LogP contribution in [0.5, 0.6) is 0 Å². The van der Waals surface area contributed by atoms with Crippen molar-refractivity contribution in [3.05, 3.63) is 23.8 Å². The van der Waals surface area contributed by atoms with Gasteiger partial charge in [-0.25, -0.2) is 0 Å². The van der Waals surface area contributed by atoms with E-state index in [2.05, 4.69) is 15.1 Å². The van der Waals surface area contributed by atoms with Gasteiger partial charge in [0.25, 0.3) is 0 Å². The molecule has 3 rings (SSSR count). The Balaban J connectivity index is 1.79. The molecule has 1 aromatic rings. The summed E-state index contributed by atoms with van der Waals surface area (Å²) in [5, 5.41) is 3.03. The molecule has 2 saturated carbocycles. The highest BCUT2D eigenvalue weighted by molar-refractivity contribution is 5.94. The van der Waals surface area contributed by atoms with Crippen LogP contribution in [0.2, 0.25) is 0 Å². The maximum Gasteiger partial charge on any atom is 0.227 e. The second-order valence-corrected chi connectivity index (χ2v) is 8.34. The largest absolute Gasteiger partial charge is 0.377 e. The minimum absolute atomic E-state index is 0.108. The Hall–Kier alpha value is -2.08. The third kappa shape index (κ3) is 5.45. The number of nitrogens with one attached hydrogen (secondary N) is 1. The molecule has 2 fully saturated rings. The van der Waals surface area contributed by atoms with E-state index in [4.69, 9.17) is 0 Å². The molecule has 0 atom stereocenters. The van der Waals surface area contributed by atoms with Gasteiger partial charge in [-0.05, 0) is 63.5 Å². The van der Waals surface area contributed by atoms with E-state index < -0.39 is 0 Å². The quantitative estimate of drug-likeness (QED) is 0.723. The number of rotatable bonds is 9. The number of likely N-dealkylation sites (N-methyl/N-ethyl adjacent to an activating group) is 1. The van der Waals surface area contributed by atoms with E-state index in [-0.39, 0.29) is 23.7 Å². The first-order valence-electron chi connectivity index (χ1n) is 9.89. The maximum absolute atomic E-state index is 12.8. The van der Waals surface area contributed by atoms with Crippen LogP contribution in [0, 0.1) is 11.8 Å². The van der Waals surface area contributed by atoms with Crippen molar-refractivity contribution in [3.8, 4) is 0 Å². The highest BCUT2D eigenvalue weighted by Crippen LogP contribution is 2.33. The summed E-state index contributed by atoms with van der Waals surface area (Å²) in [5.74, 6) is 0.744. The molecule has 2 aliphatic carbocycles. The second-order valence-electron chi connectivity index (χ2n) is 8.34. The Kier molecular flexibility index (Phi) is 6.05.